The minimum absolute atomic E-state index is 0.0183. The molecular formula is C18H24N2O4S. The molecule has 2 aliphatic heterocycles. The lowest BCUT2D eigenvalue weighted by atomic mass is 9.96. The normalized spacial score (nSPS) is 21.4. The lowest BCUT2D eigenvalue weighted by Gasteiger charge is -2.34. The summed E-state index contributed by atoms with van der Waals surface area (Å²) in [6.07, 6.45) is 2.84. The number of hydrogen-bond donors (Lipinski definition) is 0. The van der Waals surface area contributed by atoms with Crippen molar-refractivity contribution in [1.82, 2.24) is 9.80 Å². The van der Waals surface area contributed by atoms with Gasteiger partial charge in [0.05, 0.1) is 17.4 Å². The van der Waals surface area contributed by atoms with Crippen molar-refractivity contribution in [3.63, 3.8) is 0 Å². The van der Waals surface area contributed by atoms with E-state index in [4.69, 9.17) is 4.74 Å². The Morgan fingerprint density at radius 3 is 2.60 bits per heavy atom. The Morgan fingerprint density at radius 1 is 1.20 bits per heavy atom. The maximum absolute atomic E-state index is 12.9. The molecule has 136 valence electrons. The predicted molar refractivity (Wildman–Crippen MR) is 94.3 cm³/mol. The first-order chi connectivity index (χ1) is 12.1. The first-order valence-corrected chi connectivity index (χ1v) is 9.79. The third-order valence-electron chi connectivity index (χ3n) is 4.96. The van der Waals surface area contributed by atoms with Crippen LogP contribution in [0.15, 0.2) is 17.5 Å². The van der Waals surface area contributed by atoms with Gasteiger partial charge in [0.15, 0.2) is 0 Å². The van der Waals surface area contributed by atoms with Gasteiger partial charge in [-0.2, -0.15) is 0 Å². The van der Waals surface area contributed by atoms with Gasteiger partial charge in [-0.05, 0) is 44.1 Å². The fourth-order valence-electron chi connectivity index (χ4n) is 3.61. The van der Waals surface area contributed by atoms with Crippen LogP contribution in [0, 0.1) is 5.92 Å². The molecule has 3 heterocycles. The summed E-state index contributed by atoms with van der Waals surface area (Å²) in [5.74, 6) is -0.307. The predicted octanol–water partition coefficient (Wildman–Crippen LogP) is 2.15. The molecule has 0 N–H and O–H groups in total. The number of ether oxygens (including phenoxy) is 1. The smallest absolute Gasteiger partial charge is 0.309 e. The Bertz CT molecular complexity index is 623. The molecule has 0 bridgehead atoms. The van der Waals surface area contributed by atoms with Crippen LogP contribution in [-0.4, -0.2) is 59.9 Å². The lowest BCUT2D eigenvalue weighted by Crippen LogP contribution is -2.50. The number of likely N-dealkylation sites (tertiary alicyclic amines) is 2. The van der Waals surface area contributed by atoms with Gasteiger partial charge in [0.25, 0.3) is 5.91 Å². The number of carbonyl (C=O) groups is 3. The van der Waals surface area contributed by atoms with Gasteiger partial charge in [-0.15, -0.1) is 11.3 Å². The summed E-state index contributed by atoms with van der Waals surface area (Å²) in [5.41, 5.74) is 0. The van der Waals surface area contributed by atoms with E-state index in [9.17, 15) is 14.4 Å². The van der Waals surface area contributed by atoms with Gasteiger partial charge >= 0.3 is 5.97 Å². The third kappa shape index (κ3) is 3.86. The SMILES string of the molecule is CCOC(=O)C1CCN(C(=O)[C@@H]2CCCN2C(=O)c2cccs2)CC1. The molecule has 0 spiro atoms. The molecule has 2 amide bonds. The second-order valence-corrected chi connectivity index (χ2v) is 7.43. The maximum Gasteiger partial charge on any atom is 0.309 e. The summed E-state index contributed by atoms with van der Waals surface area (Å²) in [7, 11) is 0. The molecule has 0 unspecified atom stereocenters. The van der Waals surface area contributed by atoms with Gasteiger partial charge in [0.1, 0.15) is 6.04 Å². The molecule has 0 aliphatic carbocycles. The Kier molecular flexibility index (Phi) is 5.73. The summed E-state index contributed by atoms with van der Waals surface area (Å²) in [5, 5.41) is 1.88. The quantitative estimate of drug-likeness (QED) is 0.768. The van der Waals surface area contributed by atoms with Crippen LogP contribution in [0.5, 0.6) is 0 Å². The Balaban J connectivity index is 1.59. The van der Waals surface area contributed by atoms with E-state index >= 15 is 0 Å². The summed E-state index contributed by atoms with van der Waals surface area (Å²) < 4.78 is 5.07. The average Bonchev–Trinajstić information content (AvgIpc) is 3.32. The van der Waals surface area contributed by atoms with Crippen molar-refractivity contribution < 1.29 is 19.1 Å². The number of carbonyl (C=O) groups excluding carboxylic acids is 3. The molecule has 0 saturated carbocycles. The number of amides is 2. The van der Waals surface area contributed by atoms with Crippen molar-refractivity contribution in [3.8, 4) is 0 Å². The fourth-order valence-corrected chi connectivity index (χ4v) is 4.29. The number of thiophene rings is 1. The van der Waals surface area contributed by atoms with E-state index in [1.165, 1.54) is 11.3 Å². The van der Waals surface area contributed by atoms with E-state index in [2.05, 4.69) is 0 Å². The summed E-state index contributed by atoms with van der Waals surface area (Å²) >= 11 is 1.41. The lowest BCUT2D eigenvalue weighted by molar-refractivity contribution is -0.151. The standard InChI is InChI=1S/C18H24N2O4S/c1-2-24-18(23)13-7-10-19(11-8-13)16(21)14-5-3-9-20(14)17(22)15-6-4-12-25-15/h4,6,12-14H,2-3,5,7-11H2,1H3/t14-/m0/s1. The maximum atomic E-state index is 12.9. The molecule has 1 aromatic rings. The van der Waals surface area contributed by atoms with Crippen molar-refractivity contribution in [3.05, 3.63) is 22.4 Å². The number of rotatable bonds is 4. The van der Waals surface area contributed by atoms with E-state index < -0.39 is 0 Å². The van der Waals surface area contributed by atoms with E-state index in [1.807, 2.05) is 11.4 Å². The molecule has 2 saturated heterocycles. The van der Waals surface area contributed by atoms with Crippen LogP contribution >= 0.6 is 11.3 Å². The largest absolute Gasteiger partial charge is 0.466 e. The first-order valence-electron chi connectivity index (χ1n) is 8.91. The Morgan fingerprint density at radius 2 is 1.96 bits per heavy atom. The van der Waals surface area contributed by atoms with Crippen molar-refractivity contribution in [2.45, 2.75) is 38.6 Å². The first kappa shape index (κ1) is 17.9. The van der Waals surface area contributed by atoms with Crippen LogP contribution in [0.3, 0.4) is 0 Å². The zero-order valence-electron chi connectivity index (χ0n) is 14.5. The average molecular weight is 364 g/mol. The molecular weight excluding hydrogens is 340 g/mol. The van der Waals surface area contributed by atoms with E-state index in [0.29, 0.717) is 50.4 Å². The molecule has 2 aliphatic rings. The zero-order chi connectivity index (χ0) is 17.8. The fraction of sp³-hybridized carbons (Fsp3) is 0.611. The Hall–Kier alpha value is -1.89. The van der Waals surface area contributed by atoms with E-state index in [1.54, 1.807) is 22.8 Å². The topological polar surface area (TPSA) is 66.9 Å². The van der Waals surface area contributed by atoms with Crippen LogP contribution in [0.2, 0.25) is 0 Å². The summed E-state index contributed by atoms with van der Waals surface area (Å²) in [6.45, 7) is 3.93. The molecule has 7 heteroatoms. The minimum atomic E-state index is -0.367. The van der Waals surface area contributed by atoms with E-state index in [0.717, 1.165) is 6.42 Å². The van der Waals surface area contributed by atoms with Gasteiger partial charge in [-0.3, -0.25) is 14.4 Å². The van der Waals surface area contributed by atoms with Gasteiger partial charge in [0, 0.05) is 19.6 Å². The zero-order valence-corrected chi connectivity index (χ0v) is 15.3. The number of piperidine rings is 1. The Labute approximate surface area is 151 Å². The molecule has 0 radical (unpaired) electrons. The van der Waals surface area contributed by atoms with Crippen molar-refractivity contribution in [2.24, 2.45) is 5.92 Å². The van der Waals surface area contributed by atoms with Crippen LogP contribution in [0.1, 0.15) is 42.3 Å². The highest BCUT2D eigenvalue weighted by atomic mass is 32.1. The van der Waals surface area contributed by atoms with Crippen molar-refractivity contribution >= 4 is 29.1 Å². The molecule has 1 aromatic heterocycles. The highest BCUT2D eigenvalue weighted by molar-refractivity contribution is 7.12. The van der Waals surface area contributed by atoms with Gasteiger partial charge in [0.2, 0.25) is 5.91 Å². The second-order valence-electron chi connectivity index (χ2n) is 6.49. The van der Waals surface area contributed by atoms with Crippen LogP contribution in [0.4, 0.5) is 0 Å². The van der Waals surface area contributed by atoms with Crippen LogP contribution < -0.4 is 0 Å². The monoisotopic (exact) mass is 364 g/mol. The highest BCUT2D eigenvalue weighted by Crippen LogP contribution is 2.26. The molecule has 3 rings (SSSR count). The number of hydrogen-bond acceptors (Lipinski definition) is 5. The van der Waals surface area contributed by atoms with Gasteiger partial charge in [-0.25, -0.2) is 0 Å². The molecule has 0 aromatic carbocycles. The van der Waals surface area contributed by atoms with E-state index in [-0.39, 0.29) is 29.7 Å². The van der Waals surface area contributed by atoms with Crippen molar-refractivity contribution in [2.75, 3.05) is 26.2 Å². The molecule has 1 atom stereocenters. The van der Waals surface area contributed by atoms with Gasteiger partial charge < -0.3 is 14.5 Å². The molecule has 6 nitrogen and oxygen atoms in total. The summed E-state index contributed by atoms with van der Waals surface area (Å²) in [4.78, 5) is 41.6. The minimum Gasteiger partial charge on any atom is -0.466 e. The summed E-state index contributed by atoms with van der Waals surface area (Å²) in [6, 6.07) is 3.29. The molecule has 2 fully saturated rings. The number of esters is 1. The third-order valence-corrected chi connectivity index (χ3v) is 5.82. The molecule has 25 heavy (non-hydrogen) atoms. The van der Waals surface area contributed by atoms with Gasteiger partial charge in [-0.1, -0.05) is 6.07 Å². The van der Waals surface area contributed by atoms with Crippen LogP contribution in [0.25, 0.3) is 0 Å². The second kappa shape index (κ2) is 7.99. The highest BCUT2D eigenvalue weighted by Gasteiger charge is 2.38. The van der Waals surface area contributed by atoms with Crippen LogP contribution in [-0.2, 0) is 14.3 Å². The number of nitrogens with zero attached hydrogens (tertiary/aromatic N) is 2. The van der Waals surface area contributed by atoms with Crippen molar-refractivity contribution in [1.29, 1.82) is 0 Å².